The lowest BCUT2D eigenvalue weighted by Crippen LogP contribution is -2.45. The zero-order valence-electron chi connectivity index (χ0n) is 21.9. The van der Waals surface area contributed by atoms with E-state index in [4.69, 9.17) is 27.9 Å². The van der Waals surface area contributed by atoms with Crippen molar-refractivity contribution < 1.29 is 17.9 Å². The second-order valence-corrected chi connectivity index (χ2v) is 13.5. The zero-order valence-corrected chi connectivity index (χ0v) is 25.1. The number of nitrogens with zero attached hydrogens (tertiary/aromatic N) is 1. The number of thiophene rings is 1. The minimum absolute atomic E-state index is 0.0690. The van der Waals surface area contributed by atoms with E-state index in [2.05, 4.69) is 15.0 Å². The first-order valence-corrected chi connectivity index (χ1v) is 15.3. The maximum absolute atomic E-state index is 12.9. The molecule has 0 spiro atoms. The molecule has 11 heteroatoms. The van der Waals surface area contributed by atoms with Gasteiger partial charge in [-0.2, -0.15) is 0 Å². The maximum atomic E-state index is 12.9. The number of sulfonamides is 1. The molecule has 0 bridgehead atoms. The molecule has 4 aromatic rings. The Labute approximate surface area is 247 Å². The SMILES string of the molecule is CC(C)(C)OC(=O)NC(=NCc1ccc(-c2ccc(Cl)cc2)c(-c2ccc(Cl)cc2)c1)NS(=O)(=O)c1cccs1. The molecule has 0 saturated carbocycles. The van der Waals surface area contributed by atoms with Gasteiger partial charge in [0, 0.05) is 10.0 Å². The van der Waals surface area contributed by atoms with E-state index in [9.17, 15) is 13.2 Å². The Morgan fingerprint density at radius 3 is 2.05 bits per heavy atom. The highest BCUT2D eigenvalue weighted by Crippen LogP contribution is 2.34. The van der Waals surface area contributed by atoms with Gasteiger partial charge in [0.05, 0.1) is 6.54 Å². The fourth-order valence-electron chi connectivity index (χ4n) is 3.70. The number of carbonyl (C=O) groups is 1. The first-order chi connectivity index (χ1) is 18.9. The lowest BCUT2D eigenvalue weighted by Gasteiger charge is -2.20. The molecule has 4 rings (SSSR count). The highest BCUT2D eigenvalue weighted by molar-refractivity contribution is 7.92. The van der Waals surface area contributed by atoms with E-state index in [0.717, 1.165) is 39.2 Å². The highest BCUT2D eigenvalue weighted by atomic mass is 35.5. The Morgan fingerprint density at radius 1 is 0.900 bits per heavy atom. The molecular formula is C29H27Cl2N3O4S2. The van der Waals surface area contributed by atoms with Crippen molar-refractivity contribution in [1.82, 2.24) is 10.0 Å². The highest BCUT2D eigenvalue weighted by Gasteiger charge is 2.22. The van der Waals surface area contributed by atoms with E-state index in [-0.39, 0.29) is 16.7 Å². The summed E-state index contributed by atoms with van der Waals surface area (Å²) in [7, 11) is -3.97. The van der Waals surface area contributed by atoms with Crippen LogP contribution in [0, 0.1) is 0 Å². The summed E-state index contributed by atoms with van der Waals surface area (Å²) in [5.41, 5.74) is 3.80. The van der Waals surface area contributed by atoms with Crippen LogP contribution in [0.15, 0.2) is 93.4 Å². The fraction of sp³-hybridized carbons (Fsp3) is 0.172. The number of benzene rings is 3. The van der Waals surface area contributed by atoms with Gasteiger partial charge in [0.1, 0.15) is 9.81 Å². The van der Waals surface area contributed by atoms with Gasteiger partial charge in [-0.15, -0.1) is 11.3 Å². The van der Waals surface area contributed by atoms with E-state index in [0.29, 0.717) is 10.0 Å². The molecule has 0 aliphatic heterocycles. The van der Waals surface area contributed by atoms with E-state index >= 15 is 0 Å². The molecule has 0 unspecified atom stereocenters. The van der Waals surface area contributed by atoms with Gasteiger partial charge in [0.15, 0.2) is 0 Å². The van der Waals surface area contributed by atoms with Gasteiger partial charge in [0.25, 0.3) is 10.0 Å². The summed E-state index contributed by atoms with van der Waals surface area (Å²) in [6.07, 6.45) is -0.833. The second kappa shape index (κ2) is 12.4. The molecule has 0 saturated heterocycles. The predicted octanol–water partition coefficient (Wildman–Crippen LogP) is 7.75. The first kappa shape index (κ1) is 29.6. The van der Waals surface area contributed by atoms with Crippen molar-refractivity contribution in [1.29, 1.82) is 0 Å². The number of carbonyl (C=O) groups excluding carboxylic acids is 1. The largest absolute Gasteiger partial charge is 0.444 e. The molecule has 2 N–H and O–H groups in total. The van der Waals surface area contributed by atoms with E-state index in [1.807, 2.05) is 66.7 Å². The van der Waals surface area contributed by atoms with Crippen molar-refractivity contribution >= 4 is 56.6 Å². The third-order valence-corrected chi connectivity index (χ3v) is 8.66. The second-order valence-electron chi connectivity index (χ2n) is 9.72. The molecule has 0 aliphatic rings. The van der Waals surface area contributed by atoms with Crippen LogP contribution < -0.4 is 10.0 Å². The van der Waals surface area contributed by atoms with Crippen LogP contribution in [0.2, 0.25) is 10.0 Å². The van der Waals surface area contributed by atoms with Crippen molar-refractivity contribution in [3.05, 3.63) is 99.9 Å². The van der Waals surface area contributed by atoms with Crippen LogP contribution >= 0.6 is 34.5 Å². The van der Waals surface area contributed by atoms with Crippen LogP contribution in [0.1, 0.15) is 26.3 Å². The summed E-state index contributed by atoms with van der Waals surface area (Å²) in [5.74, 6) is -0.252. The van der Waals surface area contributed by atoms with Crippen LogP contribution in [-0.2, 0) is 21.3 Å². The number of hydrogen-bond donors (Lipinski definition) is 2. The number of aliphatic imine (C=N–C) groups is 1. The van der Waals surface area contributed by atoms with Crippen LogP contribution in [0.25, 0.3) is 22.3 Å². The number of ether oxygens (including phenoxy) is 1. The Bertz CT molecular complexity index is 1610. The summed E-state index contributed by atoms with van der Waals surface area (Å²) < 4.78 is 33.5. The number of hydrogen-bond acceptors (Lipinski definition) is 6. The van der Waals surface area contributed by atoms with Gasteiger partial charge in [0.2, 0.25) is 5.96 Å². The number of amides is 1. The molecular weight excluding hydrogens is 589 g/mol. The predicted molar refractivity (Wildman–Crippen MR) is 162 cm³/mol. The lowest BCUT2D eigenvalue weighted by molar-refractivity contribution is 0.0562. The smallest absolute Gasteiger partial charge is 0.414 e. The summed E-state index contributed by atoms with van der Waals surface area (Å²) >= 11 is 13.3. The molecule has 0 fully saturated rings. The topological polar surface area (TPSA) is 96.9 Å². The number of halogens is 2. The van der Waals surface area contributed by atoms with Crippen molar-refractivity contribution in [2.45, 2.75) is 37.1 Å². The van der Waals surface area contributed by atoms with Gasteiger partial charge in [-0.3, -0.25) is 5.32 Å². The zero-order chi connectivity index (χ0) is 28.9. The molecule has 40 heavy (non-hydrogen) atoms. The van der Waals surface area contributed by atoms with Gasteiger partial charge >= 0.3 is 6.09 Å². The van der Waals surface area contributed by atoms with Crippen molar-refractivity contribution in [3.63, 3.8) is 0 Å². The third-order valence-electron chi connectivity index (χ3n) is 5.42. The minimum atomic E-state index is -3.97. The van der Waals surface area contributed by atoms with Crippen molar-refractivity contribution in [2.24, 2.45) is 4.99 Å². The van der Waals surface area contributed by atoms with Crippen LogP contribution in [0.3, 0.4) is 0 Å². The molecule has 7 nitrogen and oxygen atoms in total. The molecule has 1 heterocycles. The summed E-state index contributed by atoms with van der Waals surface area (Å²) in [5, 5.41) is 5.33. The molecule has 0 atom stereocenters. The number of alkyl carbamates (subject to hydrolysis) is 1. The van der Waals surface area contributed by atoms with Gasteiger partial charge < -0.3 is 4.74 Å². The fourth-order valence-corrected chi connectivity index (χ4v) is 5.93. The maximum Gasteiger partial charge on any atom is 0.414 e. The van der Waals surface area contributed by atoms with Crippen molar-refractivity contribution in [3.8, 4) is 22.3 Å². The Morgan fingerprint density at radius 2 is 1.50 bits per heavy atom. The van der Waals surface area contributed by atoms with Gasteiger partial charge in [-0.05, 0) is 90.4 Å². The molecule has 1 aromatic heterocycles. The average molecular weight is 617 g/mol. The average Bonchev–Trinajstić information content (AvgIpc) is 3.43. The summed E-state index contributed by atoms with van der Waals surface area (Å²) in [4.78, 5) is 16.9. The number of nitrogens with one attached hydrogen (secondary N) is 2. The summed E-state index contributed by atoms with van der Waals surface area (Å²) in [6.45, 7) is 5.19. The first-order valence-electron chi connectivity index (χ1n) is 12.2. The van der Waals surface area contributed by atoms with Crippen LogP contribution in [0.5, 0.6) is 0 Å². The lowest BCUT2D eigenvalue weighted by atomic mass is 9.93. The van der Waals surface area contributed by atoms with Gasteiger partial charge in [-0.1, -0.05) is 65.7 Å². The van der Waals surface area contributed by atoms with Gasteiger partial charge in [-0.25, -0.2) is 22.9 Å². The Kier molecular flexibility index (Phi) is 9.20. The number of rotatable bonds is 6. The Balaban J connectivity index is 1.69. The Hall–Kier alpha value is -3.37. The van der Waals surface area contributed by atoms with Crippen molar-refractivity contribution in [2.75, 3.05) is 0 Å². The third kappa shape index (κ3) is 8.08. The minimum Gasteiger partial charge on any atom is -0.444 e. The molecule has 0 radical (unpaired) electrons. The molecule has 3 aromatic carbocycles. The monoisotopic (exact) mass is 615 g/mol. The van der Waals surface area contributed by atoms with Crippen LogP contribution in [-0.4, -0.2) is 26.1 Å². The normalized spacial score (nSPS) is 12.2. The summed E-state index contributed by atoms with van der Waals surface area (Å²) in [6, 6.07) is 23.9. The standard InChI is InChI=1S/C29H27Cl2N3O4S2/c1-29(2,3)38-28(35)33-27(34-40(36,37)26-5-4-16-39-26)32-18-19-6-15-24(20-7-11-22(30)12-8-20)25(17-19)21-9-13-23(31)14-10-21/h4-17H,18H2,1-3H3,(H2,32,33,34,35). The molecule has 208 valence electrons. The quantitative estimate of drug-likeness (QED) is 0.171. The number of guanidine groups is 1. The van der Waals surface area contributed by atoms with E-state index in [1.54, 1.807) is 32.2 Å². The molecule has 1 amide bonds. The van der Waals surface area contributed by atoms with E-state index in [1.165, 1.54) is 6.07 Å². The van der Waals surface area contributed by atoms with Crippen LogP contribution in [0.4, 0.5) is 4.79 Å². The molecule has 0 aliphatic carbocycles. The van der Waals surface area contributed by atoms with E-state index < -0.39 is 21.7 Å².